The Labute approximate surface area is 224 Å². The summed E-state index contributed by atoms with van der Waals surface area (Å²) in [5.74, 6) is 0. The smallest absolute Gasteiger partial charge is 0.226 e. The Hall–Kier alpha value is -5.06. The second-order valence-electron chi connectivity index (χ2n) is 9.60. The Morgan fingerprint density at radius 3 is 1.60 bits per heavy atom. The van der Waals surface area contributed by atoms with Crippen molar-refractivity contribution in [1.29, 1.82) is 10.5 Å². The first-order valence-corrected chi connectivity index (χ1v) is 11.7. The molecule has 0 bridgehead atoms. The maximum atomic E-state index is 13.9. The quantitative estimate of drug-likeness (QED) is 0.163. The van der Waals surface area contributed by atoms with Crippen molar-refractivity contribution in [3.8, 4) is 34.4 Å². The van der Waals surface area contributed by atoms with Crippen LogP contribution in [0.1, 0.15) is 44.5 Å². The molecule has 3 aromatic carbocycles. The van der Waals surface area contributed by atoms with E-state index in [0.29, 0.717) is 28.8 Å². The van der Waals surface area contributed by atoms with Crippen molar-refractivity contribution in [2.24, 2.45) is 0 Å². The fourth-order valence-electron chi connectivity index (χ4n) is 5.73. The third kappa shape index (κ3) is 3.73. The molecular weight excluding hydrogens is 530 g/mol. The van der Waals surface area contributed by atoms with Gasteiger partial charge in [-0.3, -0.25) is 0 Å². The Morgan fingerprint density at radius 2 is 1.12 bits per heavy atom. The summed E-state index contributed by atoms with van der Waals surface area (Å²) in [5.41, 5.74) is -0.855. The van der Waals surface area contributed by atoms with Gasteiger partial charge in [-0.25, -0.2) is 20.2 Å². The van der Waals surface area contributed by atoms with Crippen LogP contribution in [0.2, 0.25) is 0 Å². The van der Waals surface area contributed by atoms with Crippen molar-refractivity contribution in [2.75, 3.05) is 0 Å². The summed E-state index contributed by atoms with van der Waals surface area (Å²) < 4.78 is 83.1. The lowest BCUT2D eigenvalue weighted by molar-refractivity contribution is -0.162. The highest BCUT2D eigenvalue weighted by Crippen LogP contribution is 2.47. The summed E-state index contributed by atoms with van der Waals surface area (Å²) >= 11 is 0. The van der Waals surface area contributed by atoms with Gasteiger partial charge in [0, 0.05) is 5.22 Å². The van der Waals surface area contributed by atoms with Gasteiger partial charge < -0.3 is 0 Å². The number of alkyl halides is 6. The minimum Gasteiger partial charge on any atom is -0.226 e. The van der Waals surface area contributed by atoms with E-state index in [4.69, 9.17) is 13.1 Å². The fraction of sp³-hybridized carbons (Fsp3) is 0.200. The van der Waals surface area contributed by atoms with Gasteiger partial charge in [0.15, 0.2) is 0 Å². The maximum absolute atomic E-state index is 13.9. The highest BCUT2D eigenvalue weighted by molar-refractivity contribution is 5.93. The molecule has 0 unspecified atom stereocenters. The summed E-state index contributed by atoms with van der Waals surface area (Å²) in [5, 5.41) is 19.9. The molecule has 0 spiro atoms. The van der Waals surface area contributed by atoms with E-state index in [0.717, 1.165) is 16.7 Å². The summed E-state index contributed by atoms with van der Waals surface area (Å²) in [7, 11) is 0. The van der Waals surface area contributed by atoms with Gasteiger partial charge in [-0.2, -0.15) is 26.3 Å². The second-order valence-corrected chi connectivity index (χ2v) is 9.60. The van der Waals surface area contributed by atoms with Gasteiger partial charge in [-0.1, -0.05) is 12.1 Å². The van der Waals surface area contributed by atoms with E-state index in [1.165, 1.54) is 0 Å². The zero-order chi connectivity index (χ0) is 29.3. The number of benzene rings is 3. The van der Waals surface area contributed by atoms with Crippen LogP contribution in [0.5, 0.6) is 0 Å². The zero-order valence-electron chi connectivity index (χ0n) is 20.8. The number of halogens is 6. The number of nitrogens with zero attached hydrogens (tertiary/aromatic N) is 4. The summed E-state index contributed by atoms with van der Waals surface area (Å²) in [6.07, 6.45) is -10.8. The van der Waals surface area contributed by atoms with E-state index in [-0.39, 0.29) is 51.2 Å². The summed E-state index contributed by atoms with van der Waals surface area (Å²) in [4.78, 5) is 6.67. The highest BCUT2D eigenvalue weighted by Gasteiger charge is 2.45. The van der Waals surface area contributed by atoms with E-state index >= 15 is 0 Å². The molecule has 0 heterocycles. The Morgan fingerprint density at radius 1 is 0.700 bits per heavy atom. The minimum atomic E-state index is -5.36. The highest BCUT2D eigenvalue weighted by atomic mass is 19.4. The predicted octanol–water partition coefficient (Wildman–Crippen LogP) is 6.59. The van der Waals surface area contributed by atoms with Crippen LogP contribution in [-0.4, -0.2) is 0 Å². The fourth-order valence-corrected chi connectivity index (χ4v) is 5.73. The molecule has 0 aromatic heterocycles. The second kappa shape index (κ2) is 8.73. The predicted molar refractivity (Wildman–Crippen MR) is 133 cm³/mol. The molecule has 0 amide bonds. The van der Waals surface area contributed by atoms with Crippen LogP contribution in [0, 0.1) is 49.7 Å². The van der Waals surface area contributed by atoms with Gasteiger partial charge in [0.2, 0.25) is 0 Å². The number of aryl methyl sites for hydroxylation is 2. The molecule has 0 radical (unpaired) electrons. The molecule has 0 fully saturated rings. The van der Waals surface area contributed by atoms with E-state index in [9.17, 15) is 36.9 Å². The monoisotopic (exact) mass is 544 g/mol. The van der Waals surface area contributed by atoms with Gasteiger partial charge in [-0.05, 0) is 99.7 Å². The first-order valence-electron chi connectivity index (χ1n) is 11.7. The van der Waals surface area contributed by atoms with Crippen molar-refractivity contribution in [2.45, 2.75) is 39.0 Å². The molecule has 0 atom stereocenters. The summed E-state index contributed by atoms with van der Waals surface area (Å²) in [6.45, 7) is 19.0. The van der Waals surface area contributed by atoms with Gasteiger partial charge in [-0.15, -0.1) is 0 Å². The van der Waals surface area contributed by atoms with Crippen molar-refractivity contribution in [1.82, 2.24) is 0 Å². The normalized spacial score (nSPS) is 14.5. The van der Waals surface area contributed by atoms with Crippen LogP contribution < -0.4 is 10.4 Å². The Balaban J connectivity index is 2.10. The molecule has 5 rings (SSSR count). The van der Waals surface area contributed by atoms with Crippen LogP contribution in [0.3, 0.4) is 0 Å². The summed E-state index contributed by atoms with van der Waals surface area (Å²) in [6, 6.07) is 8.16. The number of fused-ring (bicyclic) bond motifs is 6. The first-order chi connectivity index (χ1) is 18.8. The van der Waals surface area contributed by atoms with Crippen LogP contribution in [-0.2, 0) is 25.2 Å². The number of rotatable bonds is 0. The average Bonchev–Trinajstić information content (AvgIpc) is 3.42. The van der Waals surface area contributed by atoms with Crippen LogP contribution in [0.25, 0.3) is 43.3 Å². The van der Waals surface area contributed by atoms with Crippen molar-refractivity contribution in [3.05, 3.63) is 102 Å². The van der Waals surface area contributed by atoms with E-state index in [1.807, 2.05) is 32.0 Å². The molecule has 4 nitrogen and oxygen atoms in total. The SMILES string of the molecule is [C-]#[N+]/C(C#N)=c1\c2c(/c(=C(/C#N)[N+]#[C-])c3c1Cc1cc(C(F)(F)F)c(C(F)(F)F)cc1-3)-c1cc(C)c(C)cc1C2. The third-order valence-corrected chi connectivity index (χ3v) is 7.46. The minimum absolute atomic E-state index is 0.00200. The maximum Gasteiger partial charge on any atom is 0.417 e. The molecule has 40 heavy (non-hydrogen) atoms. The van der Waals surface area contributed by atoms with Crippen molar-refractivity contribution in [3.63, 3.8) is 0 Å². The molecule has 0 saturated heterocycles. The topological polar surface area (TPSA) is 56.3 Å². The lowest BCUT2D eigenvalue weighted by Gasteiger charge is -2.18. The standard InChI is InChI=1S/C30H14F6N4/c1-13-5-15-7-19-25(23(11-37)39-3)20-8-16-9-21(29(31,32)33)22(30(34,35)36)10-18(16)27(20)28(24(12-38)40-4)26(19)17(15)6-14(13)2/h5-6,9-10H,7-8H2,1-2H3/b25-23+,28-24+. The lowest BCUT2D eigenvalue weighted by Crippen LogP contribution is -2.25. The molecule has 2 aliphatic carbocycles. The molecular formula is C30H14F6N4. The first kappa shape index (κ1) is 26.5. The average molecular weight is 544 g/mol. The van der Waals surface area contributed by atoms with Gasteiger partial charge in [0.1, 0.15) is 0 Å². The molecule has 10 heteroatoms. The van der Waals surface area contributed by atoms with E-state index in [2.05, 4.69) is 9.69 Å². The van der Waals surface area contributed by atoms with Crippen molar-refractivity contribution >= 4 is 11.4 Å². The van der Waals surface area contributed by atoms with E-state index < -0.39 is 29.2 Å². The van der Waals surface area contributed by atoms with Crippen molar-refractivity contribution < 1.29 is 26.3 Å². The van der Waals surface area contributed by atoms with Gasteiger partial charge in [0.05, 0.1) is 36.4 Å². The molecule has 2 aliphatic rings. The molecule has 3 aromatic rings. The zero-order valence-corrected chi connectivity index (χ0v) is 20.8. The number of nitriles is 2. The van der Waals surface area contributed by atoms with Crippen LogP contribution >= 0.6 is 0 Å². The molecule has 196 valence electrons. The lowest BCUT2D eigenvalue weighted by atomic mass is 9.89. The van der Waals surface area contributed by atoms with Gasteiger partial charge in [0.25, 0.3) is 11.4 Å². The molecule has 0 saturated carbocycles. The largest absolute Gasteiger partial charge is 0.417 e. The Kier molecular flexibility index (Phi) is 5.79. The third-order valence-electron chi connectivity index (χ3n) is 7.46. The number of hydrogen-bond acceptors (Lipinski definition) is 2. The van der Waals surface area contributed by atoms with Gasteiger partial charge >= 0.3 is 12.4 Å². The Bertz CT molecular complexity index is 1950. The van der Waals surface area contributed by atoms with E-state index in [1.54, 1.807) is 6.07 Å². The molecule has 0 aliphatic heterocycles. The van der Waals surface area contributed by atoms with Crippen LogP contribution in [0.4, 0.5) is 26.3 Å². The number of hydrogen-bond donors (Lipinski definition) is 0. The van der Waals surface area contributed by atoms with Crippen LogP contribution in [0.15, 0.2) is 24.3 Å². The molecule has 0 N–H and O–H groups in total.